The van der Waals surface area contributed by atoms with Gasteiger partial charge in [-0.3, -0.25) is 14.9 Å². The molecule has 0 saturated carbocycles. The van der Waals surface area contributed by atoms with E-state index in [0.717, 1.165) is 21.8 Å². The minimum absolute atomic E-state index is 0.00958. The molecule has 0 spiro atoms. The molecule has 0 N–H and O–H groups in total. The van der Waals surface area contributed by atoms with Crippen LogP contribution in [-0.2, 0) is 0 Å². The molecule has 0 aliphatic heterocycles. The van der Waals surface area contributed by atoms with Crippen LogP contribution in [0.5, 0.6) is 0 Å². The van der Waals surface area contributed by atoms with Crippen molar-refractivity contribution in [2.75, 3.05) is 0 Å². The van der Waals surface area contributed by atoms with Gasteiger partial charge in [-0.2, -0.15) is 5.10 Å². The quantitative estimate of drug-likeness (QED) is 0.159. The van der Waals surface area contributed by atoms with Crippen LogP contribution in [0.15, 0.2) is 78.3 Å². The Balaban J connectivity index is 1.69. The Bertz CT molecular complexity index is 1250. The molecule has 0 atom stereocenters. The first-order valence-electron chi connectivity index (χ1n) is 8.88. The molecule has 2 heterocycles. The number of hydrogen-bond acceptors (Lipinski definition) is 5. The van der Waals surface area contributed by atoms with Crippen molar-refractivity contribution in [1.29, 1.82) is 0 Å². The molecule has 0 fully saturated rings. The molecular formula is C22H14ClN3O3S. The summed E-state index contributed by atoms with van der Waals surface area (Å²) in [5.74, 6) is -0.362. The van der Waals surface area contributed by atoms with Crippen LogP contribution in [-0.4, -0.2) is 20.5 Å². The molecule has 2 aromatic carbocycles. The summed E-state index contributed by atoms with van der Waals surface area (Å²) in [7, 11) is 0. The summed E-state index contributed by atoms with van der Waals surface area (Å²) < 4.78 is 1.76. The third kappa shape index (κ3) is 4.07. The molecular weight excluding hydrogens is 422 g/mol. The van der Waals surface area contributed by atoms with Crippen LogP contribution in [0.25, 0.3) is 22.3 Å². The highest BCUT2D eigenvalue weighted by atomic mass is 35.5. The number of thiophene rings is 1. The molecule has 0 amide bonds. The zero-order valence-corrected chi connectivity index (χ0v) is 17.0. The molecule has 148 valence electrons. The standard InChI is InChI=1S/C22H14ClN3O3S/c23-18-10-8-15(13-19(18)26(28)29)20(27)11-9-16-14-25(17-5-2-1-3-6-17)24-22(16)21-7-4-12-30-21/h1-14H. The Kier molecular flexibility index (Phi) is 5.56. The van der Waals surface area contributed by atoms with E-state index in [1.165, 1.54) is 24.3 Å². The number of ketones is 1. The van der Waals surface area contributed by atoms with Gasteiger partial charge >= 0.3 is 0 Å². The zero-order chi connectivity index (χ0) is 21.1. The number of rotatable bonds is 6. The Labute approximate surface area is 180 Å². The number of nitro groups is 1. The summed E-state index contributed by atoms with van der Waals surface area (Å²) in [6.07, 6.45) is 4.90. The second kappa shape index (κ2) is 8.44. The average molecular weight is 436 g/mol. The number of nitro benzene ring substituents is 1. The van der Waals surface area contributed by atoms with Gasteiger partial charge in [0.2, 0.25) is 0 Å². The zero-order valence-electron chi connectivity index (χ0n) is 15.4. The molecule has 0 saturated heterocycles. The number of para-hydroxylation sites is 1. The monoisotopic (exact) mass is 435 g/mol. The molecule has 2 aromatic heterocycles. The molecule has 30 heavy (non-hydrogen) atoms. The van der Waals surface area contributed by atoms with E-state index in [1.807, 2.05) is 54.0 Å². The predicted molar refractivity (Wildman–Crippen MR) is 118 cm³/mol. The summed E-state index contributed by atoms with van der Waals surface area (Å²) >= 11 is 7.38. The van der Waals surface area contributed by atoms with E-state index in [4.69, 9.17) is 11.6 Å². The number of aromatic nitrogens is 2. The number of carbonyl (C=O) groups excluding carboxylic acids is 1. The smallest absolute Gasteiger partial charge is 0.288 e. The van der Waals surface area contributed by atoms with Crippen molar-refractivity contribution in [1.82, 2.24) is 9.78 Å². The van der Waals surface area contributed by atoms with E-state index in [2.05, 4.69) is 5.10 Å². The van der Waals surface area contributed by atoms with Gasteiger partial charge in [0.25, 0.3) is 5.69 Å². The summed E-state index contributed by atoms with van der Waals surface area (Å²) in [5, 5.41) is 17.7. The lowest BCUT2D eigenvalue weighted by Crippen LogP contribution is -1.97. The maximum absolute atomic E-state index is 12.6. The minimum atomic E-state index is -0.610. The fourth-order valence-electron chi connectivity index (χ4n) is 2.89. The number of benzene rings is 2. The van der Waals surface area contributed by atoms with Crippen molar-refractivity contribution in [3.8, 4) is 16.3 Å². The predicted octanol–water partition coefficient (Wildman–Crippen LogP) is 6.06. The van der Waals surface area contributed by atoms with E-state index < -0.39 is 4.92 Å². The van der Waals surface area contributed by atoms with E-state index in [-0.39, 0.29) is 22.1 Å². The van der Waals surface area contributed by atoms with Crippen molar-refractivity contribution in [2.24, 2.45) is 0 Å². The van der Waals surface area contributed by atoms with Gasteiger partial charge in [-0.25, -0.2) is 4.68 Å². The van der Waals surface area contributed by atoms with Crippen LogP contribution in [0.1, 0.15) is 15.9 Å². The number of carbonyl (C=O) groups is 1. The van der Waals surface area contributed by atoms with Gasteiger partial charge in [0.15, 0.2) is 5.78 Å². The van der Waals surface area contributed by atoms with E-state index in [9.17, 15) is 14.9 Å². The number of hydrogen-bond donors (Lipinski definition) is 0. The van der Waals surface area contributed by atoms with Crippen molar-refractivity contribution in [3.63, 3.8) is 0 Å². The van der Waals surface area contributed by atoms with Gasteiger partial charge in [-0.1, -0.05) is 35.9 Å². The van der Waals surface area contributed by atoms with Crippen LogP contribution in [0, 0.1) is 10.1 Å². The summed E-state index contributed by atoms with van der Waals surface area (Å²) in [6, 6.07) is 17.6. The molecule has 4 aromatic rings. The number of halogens is 1. The normalized spacial score (nSPS) is 11.1. The van der Waals surface area contributed by atoms with Crippen molar-refractivity contribution < 1.29 is 9.72 Å². The lowest BCUT2D eigenvalue weighted by Gasteiger charge is -1.99. The first-order chi connectivity index (χ1) is 14.5. The van der Waals surface area contributed by atoms with Crippen molar-refractivity contribution in [3.05, 3.63) is 105 Å². The summed E-state index contributed by atoms with van der Waals surface area (Å²) in [6.45, 7) is 0. The SMILES string of the molecule is O=C(C=Cc1cn(-c2ccccc2)nc1-c1cccs1)c1ccc(Cl)c([N+](=O)[O-])c1. The Morgan fingerprint density at radius 1 is 1.13 bits per heavy atom. The molecule has 0 radical (unpaired) electrons. The van der Waals surface area contributed by atoms with Gasteiger partial charge in [-0.15, -0.1) is 11.3 Å². The summed E-state index contributed by atoms with van der Waals surface area (Å²) in [5.41, 5.74) is 2.30. The van der Waals surface area contributed by atoms with Gasteiger partial charge in [0, 0.05) is 23.4 Å². The molecule has 8 heteroatoms. The fraction of sp³-hybridized carbons (Fsp3) is 0. The second-order valence-electron chi connectivity index (χ2n) is 6.31. The van der Waals surface area contributed by atoms with Crippen LogP contribution in [0.3, 0.4) is 0 Å². The third-order valence-electron chi connectivity index (χ3n) is 4.36. The van der Waals surface area contributed by atoms with E-state index in [1.54, 1.807) is 22.1 Å². The fourth-order valence-corrected chi connectivity index (χ4v) is 3.81. The Morgan fingerprint density at radius 3 is 2.63 bits per heavy atom. The first-order valence-corrected chi connectivity index (χ1v) is 10.1. The van der Waals surface area contributed by atoms with Crippen LogP contribution < -0.4 is 0 Å². The van der Waals surface area contributed by atoms with Gasteiger partial charge in [-0.05, 0) is 47.9 Å². The van der Waals surface area contributed by atoms with Gasteiger partial charge < -0.3 is 0 Å². The topological polar surface area (TPSA) is 78.0 Å². The highest BCUT2D eigenvalue weighted by molar-refractivity contribution is 7.13. The van der Waals surface area contributed by atoms with Crippen LogP contribution in [0.4, 0.5) is 5.69 Å². The maximum Gasteiger partial charge on any atom is 0.288 e. The molecule has 4 rings (SSSR count). The average Bonchev–Trinajstić information content (AvgIpc) is 3.42. The minimum Gasteiger partial charge on any atom is -0.289 e. The molecule has 0 aliphatic carbocycles. The van der Waals surface area contributed by atoms with Gasteiger partial charge in [0.05, 0.1) is 15.5 Å². The highest BCUT2D eigenvalue weighted by Gasteiger charge is 2.16. The van der Waals surface area contributed by atoms with E-state index >= 15 is 0 Å². The van der Waals surface area contributed by atoms with Crippen molar-refractivity contribution in [2.45, 2.75) is 0 Å². The highest BCUT2D eigenvalue weighted by Crippen LogP contribution is 2.29. The Morgan fingerprint density at radius 2 is 1.93 bits per heavy atom. The third-order valence-corrected chi connectivity index (χ3v) is 5.56. The van der Waals surface area contributed by atoms with Crippen molar-refractivity contribution >= 4 is 40.5 Å². The maximum atomic E-state index is 12.6. The molecule has 0 bridgehead atoms. The van der Waals surface area contributed by atoms with Crippen LogP contribution >= 0.6 is 22.9 Å². The molecule has 0 unspecified atom stereocenters. The number of nitrogens with zero attached hydrogens (tertiary/aromatic N) is 3. The lowest BCUT2D eigenvalue weighted by molar-refractivity contribution is -0.384. The first kappa shape index (κ1) is 19.8. The summed E-state index contributed by atoms with van der Waals surface area (Å²) in [4.78, 5) is 24.0. The lowest BCUT2D eigenvalue weighted by atomic mass is 10.1. The van der Waals surface area contributed by atoms with Crippen LogP contribution in [0.2, 0.25) is 5.02 Å². The number of allylic oxidation sites excluding steroid dienone is 1. The largest absolute Gasteiger partial charge is 0.289 e. The van der Waals surface area contributed by atoms with Gasteiger partial charge in [0.1, 0.15) is 10.7 Å². The van der Waals surface area contributed by atoms with E-state index in [0.29, 0.717) is 0 Å². The Hall–Kier alpha value is -3.55. The molecule has 0 aliphatic rings. The molecule has 6 nitrogen and oxygen atoms in total. The second-order valence-corrected chi connectivity index (χ2v) is 7.67.